The Morgan fingerprint density at radius 1 is 1.26 bits per heavy atom. The molecular formula is C26H28ClFN4O3. The van der Waals surface area contributed by atoms with Crippen LogP contribution in [0.3, 0.4) is 0 Å². The van der Waals surface area contributed by atoms with Crippen LogP contribution in [0.5, 0.6) is 0 Å². The fourth-order valence-electron chi connectivity index (χ4n) is 4.71. The van der Waals surface area contributed by atoms with Crippen molar-refractivity contribution in [3.63, 3.8) is 0 Å². The molecule has 0 aromatic heterocycles. The quantitative estimate of drug-likeness (QED) is 0.670. The second-order valence-corrected chi connectivity index (χ2v) is 9.59. The zero-order valence-electron chi connectivity index (χ0n) is 19.8. The summed E-state index contributed by atoms with van der Waals surface area (Å²) >= 11 is 6.37. The van der Waals surface area contributed by atoms with Gasteiger partial charge in [0.1, 0.15) is 11.9 Å². The minimum Gasteiger partial charge on any atom is -0.368 e. The highest BCUT2D eigenvalue weighted by Crippen LogP contribution is 2.28. The summed E-state index contributed by atoms with van der Waals surface area (Å²) in [4.78, 5) is 29.7. The number of nitriles is 1. The number of rotatable bonds is 5. The molecule has 1 N–H and O–H groups in total. The van der Waals surface area contributed by atoms with Gasteiger partial charge in [-0.3, -0.25) is 14.5 Å². The summed E-state index contributed by atoms with van der Waals surface area (Å²) in [7, 11) is 0. The minimum atomic E-state index is -0.649. The first kappa shape index (κ1) is 25.1. The van der Waals surface area contributed by atoms with E-state index >= 15 is 0 Å². The molecule has 2 atom stereocenters. The predicted molar refractivity (Wildman–Crippen MR) is 131 cm³/mol. The van der Waals surface area contributed by atoms with Gasteiger partial charge >= 0.3 is 0 Å². The first-order valence-electron chi connectivity index (χ1n) is 11.7. The summed E-state index contributed by atoms with van der Waals surface area (Å²) in [6.07, 6.45) is 1.40. The van der Waals surface area contributed by atoms with Crippen LogP contribution < -0.4 is 5.32 Å². The van der Waals surface area contributed by atoms with Crippen molar-refractivity contribution in [1.29, 1.82) is 5.26 Å². The minimum absolute atomic E-state index is 0.0569. The van der Waals surface area contributed by atoms with Gasteiger partial charge in [0.25, 0.3) is 11.8 Å². The van der Waals surface area contributed by atoms with Gasteiger partial charge in [0.2, 0.25) is 0 Å². The molecule has 0 saturated carbocycles. The largest absolute Gasteiger partial charge is 0.368 e. The molecule has 0 bridgehead atoms. The first-order valence-corrected chi connectivity index (χ1v) is 12.1. The number of benzene rings is 2. The van der Waals surface area contributed by atoms with E-state index in [1.165, 1.54) is 6.07 Å². The molecule has 35 heavy (non-hydrogen) atoms. The van der Waals surface area contributed by atoms with E-state index in [0.29, 0.717) is 37.0 Å². The lowest BCUT2D eigenvalue weighted by Gasteiger charge is -2.41. The Kier molecular flexibility index (Phi) is 7.70. The van der Waals surface area contributed by atoms with Crippen molar-refractivity contribution in [1.82, 2.24) is 9.80 Å². The molecule has 2 unspecified atom stereocenters. The number of anilines is 1. The Bertz CT molecular complexity index is 1180. The Hall–Kier alpha value is -2.99. The highest BCUT2D eigenvalue weighted by Gasteiger charge is 2.34. The number of nitrogens with one attached hydrogen (secondary N) is 1. The lowest BCUT2D eigenvalue weighted by Crippen LogP contribution is -2.55. The van der Waals surface area contributed by atoms with Crippen LogP contribution in [0.4, 0.5) is 10.1 Å². The topological polar surface area (TPSA) is 85.7 Å². The van der Waals surface area contributed by atoms with Gasteiger partial charge < -0.3 is 15.0 Å². The Morgan fingerprint density at radius 3 is 2.74 bits per heavy atom. The van der Waals surface area contributed by atoms with Crippen molar-refractivity contribution in [2.45, 2.75) is 45.4 Å². The lowest BCUT2D eigenvalue weighted by atomic mass is 10.0. The van der Waals surface area contributed by atoms with Gasteiger partial charge in [-0.05, 0) is 68.1 Å². The van der Waals surface area contributed by atoms with Gasteiger partial charge in [-0.2, -0.15) is 5.26 Å². The number of halogens is 2. The number of piperazine rings is 1. The van der Waals surface area contributed by atoms with E-state index < -0.39 is 11.7 Å². The summed E-state index contributed by atoms with van der Waals surface area (Å²) in [6, 6.07) is 8.95. The van der Waals surface area contributed by atoms with Crippen LogP contribution >= 0.6 is 11.6 Å². The number of hydrogen-bond acceptors (Lipinski definition) is 5. The van der Waals surface area contributed by atoms with E-state index in [-0.39, 0.29) is 29.2 Å². The van der Waals surface area contributed by atoms with Crippen molar-refractivity contribution >= 4 is 29.1 Å². The summed E-state index contributed by atoms with van der Waals surface area (Å²) < 4.78 is 19.4. The zero-order chi connectivity index (χ0) is 25.1. The molecule has 0 spiro atoms. The number of carbonyl (C=O) groups excluding carboxylic acids is 2. The second kappa shape index (κ2) is 10.7. The summed E-state index contributed by atoms with van der Waals surface area (Å²) in [5.74, 6) is -1.09. The maximum Gasteiger partial charge on any atom is 0.255 e. The molecule has 0 radical (unpaired) electrons. The summed E-state index contributed by atoms with van der Waals surface area (Å²) in [6.45, 7) is 7.27. The van der Waals surface area contributed by atoms with Crippen LogP contribution in [0, 0.1) is 24.1 Å². The second-order valence-electron chi connectivity index (χ2n) is 9.15. The van der Waals surface area contributed by atoms with Crippen LogP contribution in [-0.2, 0) is 16.1 Å². The maximum atomic E-state index is 13.8. The Morgan fingerprint density at radius 2 is 2.06 bits per heavy atom. The number of amides is 2. The van der Waals surface area contributed by atoms with E-state index in [2.05, 4.69) is 10.2 Å². The average molecular weight is 499 g/mol. The number of ether oxygens (including phenoxy) is 1. The van der Waals surface area contributed by atoms with Crippen LogP contribution in [-0.4, -0.2) is 60.0 Å². The lowest BCUT2D eigenvalue weighted by molar-refractivity contribution is -0.145. The highest BCUT2D eigenvalue weighted by molar-refractivity contribution is 6.31. The number of hydrogen-bond donors (Lipinski definition) is 1. The molecule has 2 saturated heterocycles. The maximum absolute atomic E-state index is 13.8. The summed E-state index contributed by atoms with van der Waals surface area (Å²) in [5, 5.41) is 12.3. The van der Waals surface area contributed by atoms with Crippen molar-refractivity contribution < 1.29 is 18.7 Å². The fourth-order valence-corrected chi connectivity index (χ4v) is 4.95. The monoisotopic (exact) mass is 498 g/mol. The molecule has 2 aromatic rings. The number of carbonyl (C=O) groups is 2. The van der Waals surface area contributed by atoms with Gasteiger partial charge in [-0.25, -0.2) is 4.39 Å². The predicted octanol–water partition coefficient (Wildman–Crippen LogP) is 4.12. The van der Waals surface area contributed by atoms with Crippen LogP contribution in [0.1, 0.15) is 46.8 Å². The van der Waals surface area contributed by atoms with E-state index in [0.717, 1.165) is 42.6 Å². The van der Waals surface area contributed by atoms with Gasteiger partial charge in [-0.15, -0.1) is 0 Å². The van der Waals surface area contributed by atoms with Crippen LogP contribution in [0.25, 0.3) is 0 Å². The van der Waals surface area contributed by atoms with Crippen LogP contribution in [0.2, 0.25) is 5.02 Å². The van der Waals surface area contributed by atoms with E-state index in [1.54, 1.807) is 6.07 Å². The highest BCUT2D eigenvalue weighted by atomic mass is 35.5. The molecule has 2 aliphatic rings. The molecule has 2 fully saturated rings. The van der Waals surface area contributed by atoms with Crippen molar-refractivity contribution in [3.05, 3.63) is 63.4 Å². The molecule has 2 heterocycles. The third kappa shape index (κ3) is 5.81. The fraction of sp³-hybridized carbons (Fsp3) is 0.423. The molecule has 2 aromatic carbocycles. The zero-order valence-corrected chi connectivity index (χ0v) is 20.6. The van der Waals surface area contributed by atoms with Crippen LogP contribution in [0.15, 0.2) is 30.3 Å². The first-order chi connectivity index (χ1) is 16.7. The third-order valence-corrected chi connectivity index (χ3v) is 6.83. The molecule has 4 rings (SSSR count). The van der Waals surface area contributed by atoms with Crippen molar-refractivity contribution in [3.8, 4) is 6.07 Å². The van der Waals surface area contributed by atoms with E-state index in [9.17, 15) is 14.0 Å². The molecule has 184 valence electrons. The molecular weight excluding hydrogens is 471 g/mol. The Labute approximate surface area is 209 Å². The smallest absolute Gasteiger partial charge is 0.255 e. The van der Waals surface area contributed by atoms with Gasteiger partial charge in [-0.1, -0.05) is 11.6 Å². The average Bonchev–Trinajstić information content (AvgIpc) is 3.36. The molecule has 2 aliphatic heterocycles. The van der Waals surface area contributed by atoms with Crippen molar-refractivity contribution in [2.75, 3.05) is 31.6 Å². The third-order valence-electron chi connectivity index (χ3n) is 6.61. The standard InChI is InChI=1S/C26H28ClFN4O3/c1-16-14-31(5-6-32(16)26(34)24-4-3-7-35-24)15-20-10-21(27)12-23(17(20)2)30-25(33)19-8-18(13-29)9-22(28)11-19/h8-12,16,24H,3-7,14-15H2,1-2H3,(H,30,33). The number of nitrogens with zero attached hydrogens (tertiary/aromatic N) is 3. The normalized spacial score (nSPS) is 20.5. The van der Waals surface area contributed by atoms with Gasteiger partial charge in [0.15, 0.2) is 0 Å². The van der Waals surface area contributed by atoms with Gasteiger partial charge in [0, 0.05) is 55.1 Å². The van der Waals surface area contributed by atoms with Crippen molar-refractivity contribution in [2.24, 2.45) is 0 Å². The van der Waals surface area contributed by atoms with E-state index in [4.69, 9.17) is 21.6 Å². The molecule has 2 amide bonds. The van der Waals surface area contributed by atoms with Gasteiger partial charge in [0.05, 0.1) is 11.6 Å². The Balaban J connectivity index is 1.45. The SMILES string of the molecule is Cc1c(CN2CCN(C(=O)C3CCCO3)C(C)C2)cc(Cl)cc1NC(=O)c1cc(F)cc(C#N)c1. The molecule has 7 nitrogen and oxygen atoms in total. The summed E-state index contributed by atoms with van der Waals surface area (Å²) in [5.41, 5.74) is 2.47. The molecule has 0 aliphatic carbocycles. The van der Waals surface area contributed by atoms with E-state index in [1.807, 2.05) is 30.9 Å². The molecule has 9 heteroatoms.